The number of rotatable bonds is 5. The van der Waals surface area contributed by atoms with Gasteiger partial charge in [-0.2, -0.15) is 0 Å². The zero-order valence-corrected chi connectivity index (χ0v) is 16.1. The normalized spacial score (nSPS) is 16.9. The van der Waals surface area contributed by atoms with Crippen LogP contribution < -0.4 is 10.6 Å². The molecule has 1 fully saturated rings. The highest BCUT2D eigenvalue weighted by molar-refractivity contribution is 7.90. The van der Waals surface area contributed by atoms with Gasteiger partial charge in [0.15, 0.2) is 11.6 Å². The molecule has 2 N–H and O–H groups in total. The molecule has 3 amide bonds. The van der Waals surface area contributed by atoms with Gasteiger partial charge < -0.3 is 10.6 Å². The molecule has 1 heterocycles. The zero-order valence-electron chi connectivity index (χ0n) is 15.3. The molecule has 2 aromatic carbocycles. The number of nitrogens with one attached hydrogen (secondary N) is 2. The molecule has 0 saturated heterocycles. The van der Waals surface area contributed by atoms with Gasteiger partial charge in [-0.1, -0.05) is 0 Å². The number of benzene rings is 2. The van der Waals surface area contributed by atoms with Crippen molar-refractivity contribution in [3.8, 4) is 0 Å². The Bertz CT molecular complexity index is 1190. The third-order valence-corrected chi connectivity index (χ3v) is 6.58. The van der Waals surface area contributed by atoms with Crippen molar-refractivity contribution in [3.05, 3.63) is 59.2 Å². The van der Waals surface area contributed by atoms with Crippen molar-refractivity contribution >= 4 is 33.4 Å². The predicted octanol–water partition coefficient (Wildman–Crippen LogP) is 1.64. The van der Waals surface area contributed by atoms with Gasteiger partial charge in [0.2, 0.25) is 5.91 Å². The molecule has 0 atom stereocenters. The van der Waals surface area contributed by atoms with E-state index in [-0.39, 0.29) is 27.8 Å². The Balaban J connectivity index is 1.44. The summed E-state index contributed by atoms with van der Waals surface area (Å²) in [5, 5.41) is 4.60. The van der Waals surface area contributed by atoms with Crippen LogP contribution in [0.2, 0.25) is 0 Å². The lowest BCUT2D eigenvalue weighted by Crippen LogP contribution is -2.33. The van der Waals surface area contributed by atoms with Crippen molar-refractivity contribution < 1.29 is 31.6 Å². The number of nitrogens with zero attached hydrogens (tertiary/aromatic N) is 1. The van der Waals surface area contributed by atoms with E-state index in [9.17, 15) is 31.6 Å². The fourth-order valence-electron chi connectivity index (χ4n) is 3.10. The second kappa shape index (κ2) is 7.17. The van der Waals surface area contributed by atoms with Crippen molar-refractivity contribution in [3.63, 3.8) is 0 Å². The largest absolute Gasteiger partial charge is 0.343 e. The molecule has 0 spiro atoms. The van der Waals surface area contributed by atoms with Gasteiger partial charge in [-0.05, 0) is 43.2 Å². The number of fused-ring (bicyclic) bond motifs is 1. The molecule has 0 radical (unpaired) electrons. The fourth-order valence-corrected chi connectivity index (χ4v) is 4.94. The molecule has 0 bridgehead atoms. The molecular formula is C19H15F2N3O5S. The van der Waals surface area contributed by atoms with Gasteiger partial charge in [-0.15, -0.1) is 0 Å². The summed E-state index contributed by atoms with van der Waals surface area (Å²) in [7, 11) is -4.01. The van der Waals surface area contributed by atoms with Gasteiger partial charge in [0.25, 0.3) is 21.8 Å². The van der Waals surface area contributed by atoms with Gasteiger partial charge >= 0.3 is 0 Å². The third-order valence-electron chi connectivity index (χ3n) is 4.70. The van der Waals surface area contributed by atoms with E-state index in [1.807, 2.05) is 0 Å². The first-order chi connectivity index (χ1) is 14.2. The monoisotopic (exact) mass is 435 g/mol. The number of sulfonamides is 1. The molecule has 1 aliphatic heterocycles. The quantitative estimate of drug-likeness (QED) is 0.742. The summed E-state index contributed by atoms with van der Waals surface area (Å²) >= 11 is 0. The van der Waals surface area contributed by atoms with Crippen LogP contribution in [0.4, 0.5) is 14.5 Å². The molecule has 11 heteroatoms. The van der Waals surface area contributed by atoms with Crippen LogP contribution in [0, 0.1) is 11.6 Å². The Morgan fingerprint density at radius 1 is 1.07 bits per heavy atom. The molecular weight excluding hydrogens is 420 g/mol. The maximum Gasteiger partial charge on any atom is 0.269 e. The van der Waals surface area contributed by atoms with E-state index in [2.05, 4.69) is 10.6 Å². The van der Waals surface area contributed by atoms with Crippen molar-refractivity contribution in [1.82, 2.24) is 9.62 Å². The van der Waals surface area contributed by atoms with Gasteiger partial charge in [0, 0.05) is 23.4 Å². The summed E-state index contributed by atoms with van der Waals surface area (Å²) < 4.78 is 52.2. The van der Waals surface area contributed by atoms with Crippen molar-refractivity contribution in [2.75, 3.05) is 11.9 Å². The van der Waals surface area contributed by atoms with Crippen molar-refractivity contribution in [2.45, 2.75) is 23.8 Å². The van der Waals surface area contributed by atoms with Crippen LogP contribution in [0.1, 0.15) is 33.6 Å². The SMILES string of the molecule is O=C(CNC(=O)c1ccc2c(c1)S(=O)(=O)N(C1CC1)C2=O)Nc1ccc(F)c(F)c1. The standard InChI is InChI=1S/C19H15F2N3O5S/c20-14-6-2-11(8-15(14)21)23-17(25)9-22-18(26)10-1-5-13-16(7-10)30(28,29)24(19(13)27)12-3-4-12/h1-2,5-8,12H,3-4,9H2,(H,22,26)(H,23,25). The maximum atomic E-state index is 13.2. The molecule has 0 aromatic heterocycles. The summed E-state index contributed by atoms with van der Waals surface area (Å²) in [6.07, 6.45) is 1.22. The Morgan fingerprint density at radius 2 is 1.80 bits per heavy atom. The lowest BCUT2D eigenvalue weighted by molar-refractivity contribution is -0.115. The number of amides is 3. The van der Waals surface area contributed by atoms with Gasteiger partial charge in [-0.3, -0.25) is 14.4 Å². The lowest BCUT2D eigenvalue weighted by atomic mass is 10.1. The maximum absolute atomic E-state index is 13.2. The predicted molar refractivity (Wildman–Crippen MR) is 100 cm³/mol. The van der Waals surface area contributed by atoms with Crippen LogP contribution in [-0.2, 0) is 14.8 Å². The minimum Gasteiger partial charge on any atom is -0.343 e. The van der Waals surface area contributed by atoms with E-state index in [1.54, 1.807) is 0 Å². The number of hydrogen-bond acceptors (Lipinski definition) is 5. The van der Waals surface area contributed by atoms with Crippen molar-refractivity contribution in [2.24, 2.45) is 0 Å². The molecule has 2 aliphatic rings. The minimum absolute atomic E-state index is 0.00882. The first-order valence-electron chi connectivity index (χ1n) is 8.94. The smallest absolute Gasteiger partial charge is 0.269 e. The van der Waals surface area contributed by atoms with Crippen LogP contribution in [0.15, 0.2) is 41.3 Å². The number of carbonyl (C=O) groups is 3. The first-order valence-corrected chi connectivity index (χ1v) is 10.4. The molecule has 1 aliphatic carbocycles. The average Bonchev–Trinajstić information content (AvgIpc) is 3.50. The molecule has 1 saturated carbocycles. The van der Waals surface area contributed by atoms with Gasteiger partial charge in [0.05, 0.1) is 12.1 Å². The summed E-state index contributed by atoms with van der Waals surface area (Å²) in [6, 6.07) is 6.13. The summed E-state index contributed by atoms with van der Waals surface area (Å²) in [4.78, 5) is 36.4. The second-order valence-electron chi connectivity index (χ2n) is 6.91. The third kappa shape index (κ3) is 3.52. The van der Waals surface area contributed by atoms with E-state index in [0.29, 0.717) is 12.8 Å². The van der Waals surface area contributed by atoms with E-state index in [4.69, 9.17) is 0 Å². The summed E-state index contributed by atoms with van der Waals surface area (Å²) in [5.74, 6) is -4.23. The van der Waals surface area contributed by atoms with Crippen LogP contribution in [-0.4, -0.2) is 43.0 Å². The zero-order chi connectivity index (χ0) is 21.6. The molecule has 30 heavy (non-hydrogen) atoms. The lowest BCUT2D eigenvalue weighted by Gasteiger charge is -2.13. The van der Waals surface area contributed by atoms with Crippen molar-refractivity contribution in [1.29, 1.82) is 0 Å². The molecule has 156 valence electrons. The van der Waals surface area contributed by atoms with E-state index < -0.39 is 45.9 Å². The van der Waals surface area contributed by atoms with Crippen LogP contribution in [0.3, 0.4) is 0 Å². The number of carbonyl (C=O) groups excluding carboxylic acids is 3. The van der Waals surface area contributed by atoms with Crippen LogP contribution in [0.5, 0.6) is 0 Å². The summed E-state index contributed by atoms with van der Waals surface area (Å²) in [6.45, 7) is -0.491. The van der Waals surface area contributed by atoms with Crippen LogP contribution >= 0.6 is 0 Å². The topological polar surface area (TPSA) is 113 Å². The highest BCUT2D eigenvalue weighted by Gasteiger charge is 2.48. The Hall–Kier alpha value is -3.34. The number of anilines is 1. The first kappa shape index (κ1) is 20.0. The molecule has 8 nitrogen and oxygen atoms in total. The fraction of sp³-hybridized carbons (Fsp3) is 0.211. The minimum atomic E-state index is -4.01. The van der Waals surface area contributed by atoms with Gasteiger partial charge in [-0.25, -0.2) is 21.5 Å². The molecule has 0 unspecified atom stereocenters. The van der Waals surface area contributed by atoms with E-state index in [1.165, 1.54) is 12.1 Å². The Kier molecular flexibility index (Phi) is 4.77. The Labute approximate surface area is 169 Å². The molecule has 4 rings (SSSR count). The van der Waals surface area contributed by atoms with Crippen LogP contribution in [0.25, 0.3) is 0 Å². The highest BCUT2D eigenvalue weighted by atomic mass is 32.2. The highest BCUT2D eigenvalue weighted by Crippen LogP contribution is 2.39. The molecule has 2 aromatic rings. The Morgan fingerprint density at radius 3 is 2.47 bits per heavy atom. The van der Waals surface area contributed by atoms with E-state index >= 15 is 0 Å². The number of hydrogen-bond donors (Lipinski definition) is 2. The average molecular weight is 435 g/mol. The second-order valence-corrected chi connectivity index (χ2v) is 8.69. The van der Waals surface area contributed by atoms with Gasteiger partial charge in [0.1, 0.15) is 4.90 Å². The summed E-state index contributed by atoms with van der Waals surface area (Å²) in [5.41, 5.74) is -0.0200. The number of halogens is 2. The van der Waals surface area contributed by atoms with E-state index in [0.717, 1.165) is 28.6 Å².